The molecule has 0 aromatic rings. The maximum Gasteiger partial charge on any atom is 0.422 e. The molecule has 0 aromatic carbocycles. The number of carboxylic acids is 1. The quantitative estimate of drug-likeness (QED) is 0.654. The minimum Gasteiger partial charge on any atom is -0.479 e. The maximum atomic E-state index is 12.5. The van der Waals surface area contributed by atoms with Gasteiger partial charge in [-0.2, -0.15) is 13.2 Å². The average molecular weight is 242 g/mol. The molecule has 94 valence electrons. The first-order chi connectivity index (χ1) is 7.06. The van der Waals surface area contributed by atoms with Crippen molar-refractivity contribution in [3.8, 4) is 0 Å². The molecule has 0 rings (SSSR count). The molecule has 0 saturated carbocycles. The first-order valence-corrected chi connectivity index (χ1v) is 4.35. The Bertz CT molecular complexity index is 293. The van der Waals surface area contributed by atoms with E-state index < -0.39 is 29.6 Å². The van der Waals surface area contributed by atoms with Gasteiger partial charge in [0.25, 0.3) is 0 Å². The number of likely N-dealkylation sites (N-methyl/N-ethyl adjacent to an activating group) is 1. The van der Waals surface area contributed by atoms with Gasteiger partial charge < -0.3 is 15.7 Å². The van der Waals surface area contributed by atoms with E-state index in [9.17, 15) is 22.8 Å². The summed E-state index contributed by atoms with van der Waals surface area (Å²) in [5, 5.41) is 12.4. The Morgan fingerprint density at radius 1 is 1.31 bits per heavy atom. The summed E-state index contributed by atoms with van der Waals surface area (Å²) in [5.74, 6) is -3.19. The molecule has 0 spiro atoms. The summed E-state index contributed by atoms with van der Waals surface area (Å²) in [5.41, 5.74) is -3.28. The summed E-state index contributed by atoms with van der Waals surface area (Å²) < 4.78 is 37.4. The van der Waals surface area contributed by atoms with Gasteiger partial charge in [-0.3, -0.25) is 4.79 Å². The lowest BCUT2D eigenvalue weighted by Gasteiger charge is -2.29. The van der Waals surface area contributed by atoms with E-state index in [0.717, 1.165) is 0 Å². The highest BCUT2D eigenvalue weighted by Gasteiger charge is 2.58. The van der Waals surface area contributed by atoms with Crippen molar-refractivity contribution in [1.82, 2.24) is 10.6 Å². The van der Waals surface area contributed by atoms with Crippen molar-refractivity contribution in [2.24, 2.45) is 0 Å². The van der Waals surface area contributed by atoms with Crippen molar-refractivity contribution >= 4 is 11.9 Å². The number of aliphatic carboxylic acids is 1. The predicted molar refractivity (Wildman–Crippen MR) is 48.8 cm³/mol. The molecular formula is C8H13F3N2O3. The minimum absolute atomic E-state index is 0.398. The van der Waals surface area contributed by atoms with Crippen LogP contribution in [0.25, 0.3) is 0 Å². The third-order valence-corrected chi connectivity index (χ3v) is 2.19. The van der Waals surface area contributed by atoms with E-state index in [1.165, 1.54) is 19.3 Å². The van der Waals surface area contributed by atoms with Crippen LogP contribution in [-0.2, 0) is 9.59 Å². The molecule has 2 unspecified atom stereocenters. The highest BCUT2D eigenvalue weighted by Crippen LogP contribution is 2.30. The fourth-order valence-corrected chi connectivity index (χ4v) is 0.731. The van der Waals surface area contributed by atoms with Crippen molar-refractivity contribution in [1.29, 1.82) is 0 Å². The van der Waals surface area contributed by atoms with Crippen LogP contribution in [0.2, 0.25) is 0 Å². The zero-order valence-electron chi connectivity index (χ0n) is 8.97. The molecule has 8 heteroatoms. The molecule has 5 nitrogen and oxygen atoms in total. The fourth-order valence-electron chi connectivity index (χ4n) is 0.731. The van der Waals surface area contributed by atoms with E-state index in [1.54, 1.807) is 0 Å². The topological polar surface area (TPSA) is 78.4 Å². The molecule has 1 amide bonds. The van der Waals surface area contributed by atoms with E-state index in [4.69, 9.17) is 5.11 Å². The zero-order valence-corrected chi connectivity index (χ0v) is 8.97. The standard InChI is InChI=1S/C8H13F3N2O3/c1-4(12-3)5(14)13-7(2,6(15)16)8(9,10)11/h4,12H,1-3H3,(H,13,14)(H,15,16). The predicted octanol–water partition coefficient (Wildman–Crippen LogP) is 0.116. The molecule has 0 radical (unpaired) electrons. The number of amides is 1. The lowest BCUT2D eigenvalue weighted by molar-refractivity contribution is -0.207. The van der Waals surface area contributed by atoms with Crippen molar-refractivity contribution in [2.75, 3.05) is 7.05 Å². The summed E-state index contributed by atoms with van der Waals surface area (Å²) in [6.07, 6.45) is -5.07. The van der Waals surface area contributed by atoms with Crippen molar-refractivity contribution in [2.45, 2.75) is 31.6 Å². The summed E-state index contributed by atoms with van der Waals surface area (Å²) in [4.78, 5) is 21.8. The van der Waals surface area contributed by atoms with Gasteiger partial charge in [0, 0.05) is 0 Å². The van der Waals surface area contributed by atoms with Gasteiger partial charge in [0.15, 0.2) is 0 Å². The third kappa shape index (κ3) is 2.84. The van der Waals surface area contributed by atoms with Crippen molar-refractivity contribution in [3.05, 3.63) is 0 Å². The Labute approximate surface area is 90.0 Å². The van der Waals surface area contributed by atoms with Crippen LogP contribution in [0.1, 0.15) is 13.8 Å². The third-order valence-electron chi connectivity index (χ3n) is 2.19. The Kier molecular flexibility index (Phi) is 4.30. The number of alkyl halides is 3. The smallest absolute Gasteiger partial charge is 0.422 e. The van der Waals surface area contributed by atoms with Crippen molar-refractivity contribution < 1.29 is 27.9 Å². The SMILES string of the molecule is CNC(C)C(=O)NC(C)(C(=O)O)C(F)(F)F. The van der Waals surface area contributed by atoms with Gasteiger partial charge in [0.1, 0.15) is 0 Å². The number of nitrogens with one attached hydrogen (secondary N) is 2. The number of hydrogen-bond donors (Lipinski definition) is 3. The Balaban J connectivity index is 4.99. The van der Waals surface area contributed by atoms with Crippen LogP contribution in [0, 0.1) is 0 Å². The van der Waals surface area contributed by atoms with Gasteiger partial charge in [-0.15, -0.1) is 0 Å². The van der Waals surface area contributed by atoms with Crippen LogP contribution >= 0.6 is 0 Å². The van der Waals surface area contributed by atoms with E-state index in [-0.39, 0.29) is 0 Å². The molecule has 3 N–H and O–H groups in total. The summed E-state index contributed by atoms with van der Waals surface area (Å²) in [6.45, 7) is 1.71. The molecule has 2 atom stereocenters. The van der Waals surface area contributed by atoms with E-state index >= 15 is 0 Å². The van der Waals surface area contributed by atoms with E-state index in [1.807, 2.05) is 0 Å². The maximum absolute atomic E-state index is 12.5. The summed E-state index contributed by atoms with van der Waals surface area (Å²) in [7, 11) is 1.37. The van der Waals surface area contributed by atoms with Crippen LogP contribution in [0.15, 0.2) is 0 Å². The molecular weight excluding hydrogens is 229 g/mol. The number of carbonyl (C=O) groups excluding carboxylic acids is 1. The number of carbonyl (C=O) groups is 2. The average Bonchev–Trinajstić information content (AvgIpc) is 2.14. The first kappa shape index (κ1) is 14.7. The molecule has 0 aliphatic rings. The highest BCUT2D eigenvalue weighted by atomic mass is 19.4. The van der Waals surface area contributed by atoms with Gasteiger partial charge >= 0.3 is 12.1 Å². The van der Waals surface area contributed by atoms with Gasteiger partial charge in [-0.25, -0.2) is 4.79 Å². The minimum atomic E-state index is -5.07. The fraction of sp³-hybridized carbons (Fsp3) is 0.750. The second kappa shape index (κ2) is 4.69. The van der Waals surface area contributed by atoms with E-state index in [0.29, 0.717) is 6.92 Å². The lowest BCUT2D eigenvalue weighted by Crippen LogP contribution is -2.64. The molecule has 0 heterocycles. The van der Waals surface area contributed by atoms with Crippen LogP contribution in [-0.4, -0.2) is 41.8 Å². The summed E-state index contributed by atoms with van der Waals surface area (Å²) in [6, 6.07) is -0.916. The number of carboxylic acid groups (broad SMARTS) is 1. The molecule has 0 aliphatic carbocycles. The zero-order chi connectivity index (χ0) is 13.1. The summed E-state index contributed by atoms with van der Waals surface area (Å²) >= 11 is 0. The van der Waals surface area contributed by atoms with Crippen LogP contribution in [0.5, 0.6) is 0 Å². The second-order valence-electron chi connectivity index (χ2n) is 3.43. The monoisotopic (exact) mass is 242 g/mol. The van der Waals surface area contributed by atoms with Crippen molar-refractivity contribution in [3.63, 3.8) is 0 Å². The Hall–Kier alpha value is -1.31. The van der Waals surface area contributed by atoms with Gasteiger partial charge in [-0.05, 0) is 20.9 Å². The highest BCUT2D eigenvalue weighted by molar-refractivity contribution is 5.89. The number of rotatable bonds is 4. The van der Waals surface area contributed by atoms with Crippen LogP contribution in [0.4, 0.5) is 13.2 Å². The molecule has 0 aliphatic heterocycles. The van der Waals surface area contributed by atoms with Crippen LogP contribution < -0.4 is 10.6 Å². The number of hydrogen-bond acceptors (Lipinski definition) is 3. The molecule has 0 saturated heterocycles. The largest absolute Gasteiger partial charge is 0.479 e. The molecule has 0 aromatic heterocycles. The van der Waals surface area contributed by atoms with Gasteiger partial charge in [-0.1, -0.05) is 0 Å². The Morgan fingerprint density at radius 3 is 2.00 bits per heavy atom. The number of halogens is 3. The molecule has 0 fully saturated rings. The van der Waals surface area contributed by atoms with Gasteiger partial charge in [0.2, 0.25) is 11.4 Å². The second-order valence-corrected chi connectivity index (χ2v) is 3.43. The first-order valence-electron chi connectivity index (χ1n) is 4.35. The van der Waals surface area contributed by atoms with E-state index in [2.05, 4.69) is 5.32 Å². The Morgan fingerprint density at radius 2 is 1.75 bits per heavy atom. The lowest BCUT2D eigenvalue weighted by atomic mass is 10.0. The van der Waals surface area contributed by atoms with Crippen LogP contribution in [0.3, 0.4) is 0 Å². The molecule has 0 bridgehead atoms. The normalized spacial score (nSPS) is 17.4. The molecule has 16 heavy (non-hydrogen) atoms. The van der Waals surface area contributed by atoms with Gasteiger partial charge in [0.05, 0.1) is 6.04 Å².